The van der Waals surface area contributed by atoms with Crippen LogP contribution in [0.3, 0.4) is 0 Å². The third-order valence-electron chi connectivity index (χ3n) is 4.14. The summed E-state index contributed by atoms with van der Waals surface area (Å²) in [6.45, 7) is 5.20. The molecule has 0 bridgehead atoms. The molecule has 0 aliphatic carbocycles. The van der Waals surface area contributed by atoms with Crippen LogP contribution < -0.4 is 10.7 Å². The predicted molar refractivity (Wildman–Crippen MR) is 106 cm³/mol. The number of benzene rings is 1. The second-order valence-electron chi connectivity index (χ2n) is 6.36. The van der Waals surface area contributed by atoms with Gasteiger partial charge in [0.2, 0.25) is 5.88 Å². The van der Waals surface area contributed by atoms with Crippen LogP contribution in [-0.2, 0) is 28.9 Å². The minimum Gasteiger partial charge on any atom is -0.550 e. The van der Waals surface area contributed by atoms with Crippen LogP contribution in [0, 0.1) is 0 Å². The smallest absolute Gasteiger partial charge is 0.337 e. The van der Waals surface area contributed by atoms with Crippen LogP contribution in [0.2, 0.25) is 0 Å². The minimum atomic E-state index is -1.08. The topological polar surface area (TPSA) is 122 Å². The Labute approximate surface area is 169 Å². The number of rotatable bonds is 7. The largest absolute Gasteiger partial charge is 0.550 e. The number of hydrogen-bond donors (Lipinski definition) is 1. The summed E-state index contributed by atoms with van der Waals surface area (Å²) in [5, 5.41) is 18.9. The van der Waals surface area contributed by atoms with Gasteiger partial charge in [-0.2, -0.15) is 4.98 Å². The van der Waals surface area contributed by atoms with Crippen LogP contribution in [0.25, 0.3) is 0 Å². The highest BCUT2D eigenvalue weighted by Crippen LogP contribution is 2.15. The zero-order valence-electron chi connectivity index (χ0n) is 17.2. The highest BCUT2D eigenvalue weighted by molar-refractivity contribution is 5.89. The van der Waals surface area contributed by atoms with E-state index in [2.05, 4.69) is 16.6 Å². The van der Waals surface area contributed by atoms with E-state index in [1.54, 1.807) is 28.8 Å². The zero-order chi connectivity index (χ0) is 22.0. The van der Waals surface area contributed by atoms with E-state index in [1.165, 1.54) is 7.11 Å². The summed E-state index contributed by atoms with van der Waals surface area (Å²) in [6, 6.07) is 6.93. The third kappa shape index (κ3) is 7.06. The molecule has 0 saturated heterocycles. The number of aliphatic carboxylic acids is 1. The standard InChI is InChI=1S/C19H24N2O4.C2H4O2/c1-4-6-7-16-20-17(22)15(5-2)18(23)21(16)12-13-8-10-14(11-9-13)19(24)25-3;1-2(3)4/h8-11,22H,4-7,12H2,1-3H3;1H3,(H,3,4)/p-1. The van der Waals surface area contributed by atoms with E-state index in [4.69, 9.17) is 9.90 Å². The molecule has 0 unspecified atom stereocenters. The lowest BCUT2D eigenvalue weighted by atomic mass is 10.1. The summed E-state index contributed by atoms with van der Waals surface area (Å²) in [5.74, 6) is -1.07. The van der Waals surface area contributed by atoms with E-state index in [9.17, 15) is 14.7 Å². The molecule has 2 rings (SSSR count). The Bertz CT molecular complexity index is 883. The summed E-state index contributed by atoms with van der Waals surface area (Å²) in [7, 11) is 1.34. The number of aryl methyl sites for hydroxylation is 1. The van der Waals surface area contributed by atoms with E-state index >= 15 is 0 Å². The van der Waals surface area contributed by atoms with Crippen molar-refractivity contribution >= 4 is 11.9 Å². The Morgan fingerprint density at radius 2 is 1.79 bits per heavy atom. The van der Waals surface area contributed by atoms with Gasteiger partial charge in [0.05, 0.1) is 24.8 Å². The molecular formula is C21H27N2O6-. The van der Waals surface area contributed by atoms with Gasteiger partial charge in [-0.15, -0.1) is 0 Å². The van der Waals surface area contributed by atoms with Gasteiger partial charge in [0.25, 0.3) is 5.56 Å². The lowest BCUT2D eigenvalue weighted by Gasteiger charge is -2.14. The number of carboxylic acids is 1. The Kier molecular flexibility index (Phi) is 9.58. The number of nitrogens with zero attached hydrogens (tertiary/aromatic N) is 2. The number of unbranched alkanes of at least 4 members (excludes halogenated alkanes) is 1. The summed E-state index contributed by atoms with van der Waals surface area (Å²) in [6.07, 6.45) is 2.91. The maximum Gasteiger partial charge on any atom is 0.337 e. The number of carbonyl (C=O) groups is 2. The second-order valence-corrected chi connectivity index (χ2v) is 6.36. The van der Waals surface area contributed by atoms with Crippen molar-refractivity contribution in [2.75, 3.05) is 7.11 Å². The number of carboxylic acid groups (broad SMARTS) is 1. The first kappa shape index (κ1) is 23.9. The van der Waals surface area contributed by atoms with Gasteiger partial charge in [-0.05, 0) is 37.5 Å². The van der Waals surface area contributed by atoms with Crippen LogP contribution in [-0.4, -0.2) is 33.7 Å². The first-order chi connectivity index (χ1) is 13.7. The highest BCUT2D eigenvalue weighted by Gasteiger charge is 2.15. The van der Waals surface area contributed by atoms with Gasteiger partial charge in [-0.3, -0.25) is 9.36 Å². The molecule has 0 atom stereocenters. The lowest BCUT2D eigenvalue weighted by Crippen LogP contribution is -2.28. The number of aromatic nitrogens is 2. The van der Waals surface area contributed by atoms with E-state index in [1.807, 2.05) is 6.92 Å². The molecule has 0 spiro atoms. The monoisotopic (exact) mass is 403 g/mol. The van der Waals surface area contributed by atoms with Crippen molar-refractivity contribution < 1.29 is 24.5 Å². The molecule has 1 heterocycles. The molecule has 29 heavy (non-hydrogen) atoms. The van der Waals surface area contributed by atoms with Crippen molar-refractivity contribution in [3.05, 3.63) is 57.1 Å². The number of methoxy groups -OCH3 is 1. The summed E-state index contributed by atoms with van der Waals surface area (Å²) < 4.78 is 6.30. The van der Waals surface area contributed by atoms with Gasteiger partial charge in [0.15, 0.2) is 0 Å². The number of hydrogen-bond acceptors (Lipinski definition) is 7. The minimum absolute atomic E-state index is 0.170. The number of aromatic hydroxyl groups is 1. The molecule has 0 aliphatic heterocycles. The van der Waals surface area contributed by atoms with Crippen molar-refractivity contribution in [1.29, 1.82) is 0 Å². The Morgan fingerprint density at radius 3 is 2.28 bits per heavy atom. The Balaban J connectivity index is 0.000000960. The SMILES string of the molecule is CC(=O)[O-].CCCCc1nc(O)c(CC)c(=O)n1Cc1ccc(C(=O)OC)cc1. The fourth-order valence-electron chi connectivity index (χ4n) is 2.67. The number of carbonyl (C=O) groups excluding carboxylic acids is 2. The fourth-order valence-corrected chi connectivity index (χ4v) is 2.67. The van der Waals surface area contributed by atoms with E-state index < -0.39 is 11.9 Å². The van der Waals surface area contributed by atoms with Crippen molar-refractivity contribution in [3.8, 4) is 5.88 Å². The fraction of sp³-hybridized carbons (Fsp3) is 0.429. The van der Waals surface area contributed by atoms with Gasteiger partial charge >= 0.3 is 5.97 Å². The molecule has 0 fully saturated rings. The Hall–Kier alpha value is -3.16. The highest BCUT2D eigenvalue weighted by atomic mass is 16.5. The van der Waals surface area contributed by atoms with Gasteiger partial charge in [-0.1, -0.05) is 32.4 Å². The molecule has 8 nitrogen and oxygen atoms in total. The third-order valence-corrected chi connectivity index (χ3v) is 4.14. The van der Waals surface area contributed by atoms with E-state index in [0.717, 1.165) is 25.3 Å². The quantitative estimate of drug-likeness (QED) is 0.694. The van der Waals surface area contributed by atoms with Gasteiger partial charge in [0, 0.05) is 12.4 Å². The summed E-state index contributed by atoms with van der Waals surface area (Å²) in [4.78, 5) is 37.4. The number of esters is 1. The van der Waals surface area contributed by atoms with Crippen LogP contribution in [0.4, 0.5) is 0 Å². The van der Waals surface area contributed by atoms with Gasteiger partial charge in [-0.25, -0.2) is 4.79 Å². The molecule has 0 amide bonds. The van der Waals surface area contributed by atoms with E-state index in [0.29, 0.717) is 36.3 Å². The maximum absolute atomic E-state index is 12.7. The Morgan fingerprint density at radius 1 is 1.21 bits per heavy atom. The maximum atomic E-state index is 12.7. The summed E-state index contributed by atoms with van der Waals surface area (Å²) in [5.41, 5.74) is 1.45. The van der Waals surface area contributed by atoms with Crippen molar-refractivity contribution in [2.45, 2.75) is 53.0 Å². The zero-order valence-corrected chi connectivity index (χ0v) is 17.2. The van der Waals surface area contributed by atoms with Crippen LogP contribution >= 0.6 is 0 Å². The predicted octanol–water partition coefficient (Wildman–Crippen LogP) is 1.44. The van der Waals surface area contributed by atoms with Gasteiger partial charge in [0.1, 0.15) is 5.82 Å². The average Bonchev–Trinajstić information content (AvgIpc) is 2.68. The average molecular weight is 403 g/mol. The normalized spacial score (nSPS) is 10.1. The van der Waals surface area contributed by atoms with Crippen LogP contribution in [0.5, 0.6) is 5.88 Å². The molecule has 0 aliphatic rings. The molecule has 0 radical (unpaired) electrons. The molecule has 1 aromatic carbocycles. The molecule has 0 saturated carbocycles. The number of ether oxygens (including phenoxy) is 1. The molecule has 158 valence electrons. The van der Waals surface area contributed by atoms with Crippen molar-refractivity contribution in [3.63, 3.8) is 0 Å². The molecule has 8 heteroatoms. The molecule has 2 aromatic rings. The van der Waals surface area contributed by atoms with Crippen molar-refractivity contribution in [2.24, 2.45) is 0 Å². The first-order valence-electron chi connectivity index (χ1n) is 9.41. The lowest BCUT2D eigenvalue weighted by molar-refractivity contribution is -0.302. The molecule has 1 aromatic heterocycles. The first-order valence-corrected chi connectivity index (χ1v) is 9.41. The van der Waals surface area contributed by atoms with Crippen LogP contribution in [0.1, 0.15) is 60.9 Å². The second kappa shape index (κ2) is 11.6. The molecule has 1 N–H and O–H groups in total. The van der Waals surface area contributed by atoms with E-state index in [-0.39, 0.29) is 11.4 Å². The summed E-state index contributed by atoms with van der Waals surface area (Å²) >= 11 is 0. The molecular weight excluding hydrogens is 376 g/mol. The van der Waals surface area contributed by atoms with Crippen LogP contribution in [0.15, 0.2) is 29.1 Å². The van der Waals surface area contributed by atoms with Gasteiger partial charge < -0.3 is 19.7 Å². The van der Waals surface area contributed by atoms with Crippen molar-refractivity contribution in [1.82, 2.24) is 9.55 Å².